The van der Waals surface area contributed by atoms with Crippen LogP contribution in [0.1, 0.15) is 27.7 Å². The van der Waals surface area contributed by atoms with Crippen LogP contribution in [0, 0.1) is 0 Å². The maximum Gasteiger partial charge on any atom is 0.416 e. The molecular formula is C18H19F3N2O3. The predicted octanol–water partition coefficient (Wildman–Crippen LogP) is 3.10. The van der Waals surface area contributed by atoms with E-state index in [1.165, 1.54) is 12.1 Å². The van der Waals surface area contributed by atoms with E-state index in [0.717, 1.165) is 17.9 Å². The molecule has 0 spiro atoms. The van der Waals surface area contributed by atoms with Crippen molar-refractivity contribution in [2.75, 3.05) is 32.8 Å². The Morgan fingerprint density at radius 2 is 1.85 bits per heavy atom. The lowest BCUT2D eigenvalue weighted by atomic mass is 10.1. The van der Waals surface area contributed by atoms with E-state index in [4.69, 9.17) is 9.15 Å². The third kappa shape index (κ3) is 4.44. The van der Waals surface area contributed by atoms with Crippen LogP contribution in [-0.2, 0) is 10.9 Å². The van der Waals surface area contributed by atoms with Gasteiger partial charge < -0.3 is 14.5 Å². The van der Waals surface area contributed by atoms with Crippen LogP contribution in [0.5, 0.6) is 0 Å². The van der Waals surface area contributed by atoms with Crippen LogP contribution in [0.2, 0.25) is 0 Å². The van der Waals surface area contributed by atoms with Crippen molar-refractivity contribution in [1.29, 1.82) is 0 Å². The van der Waals surface area contributed by atoms with Crippen molar-refractivity contribution in [3.05, 3.63) is 59.5 Å². The fraction of sp³-hybridized carbons (Fsp3) is 0.389. The summed E-state index contributed by atoms with van der Waals surface area (Å²) < 4.78 is 48.7. The summed E-state index contributed by atoms with van der Waals surface area (Å²) in [7, 11) is 0. The van der Waals surface area contributed by atoms with Gasteiger partial charge in [0, 0.05) is 25.2 Å². The predicted molar refractivity (Wildman–Crippen MR) is 87.6 cm³/mol. The molecule has 0 unspecified atom stereocenters. The van der Waals surface area contributed by atoms with Gasteiger partial charge in [-0.25, -0.2) is 0 Å². The van der Waals surface area contributed by atoms with Gasteiger partial charge in [0.15, 0.2) is 0 Å². The summed E-state index contributed by atoms with van der Waals surface area (Å²) >= 11 is 0. The number of hydrogen-bond acceptors (Lipinski definition) is 4. The molecule has 1 saturated heterocycles. The molecule has 1 amide bonds. The number of hydrogen-bond donors (Lipinski definition) is 1. The highest BCUT2D eigenvalue weighted by molar-refractivity contribution is 5.94. The largest absolute Gasteiger partial charge is 0.468 e. The molecule has 0 bridgehead atoms. The molecular weight excluding hydrogens is 349 g/mol. The average molecular weight is 368 g/mol. The molecule has 1 aromatic carbocycles. The van der Waals surface area contributed by atoms with E-state index < -0.39 is 17.6 Å². The third-order valence-electron chi connectivity index (χ3n) is 4.29. The monoisotopic (exact) mass is 368 g/mol. The summed E-state index contributed by atoms with van der Waals surface area (Å²) in [6.07, 6.45) is -2.85. The van der Waals surface area contributed by atoms with E-state index in [0.29, 0.717) is 26.3 Å². The highest BCUT2D eigenvalue weighted by atomic mass is 19.4. The highest BCUT2D eigenvalue weighted by Crippen LogP contribution is 2.29. The van der Waals surface area contributed by atoms with Gasteiger partial charge in [-0.1, -0.05) is 0 Å². The number of carbonyl (C=O) groups is 1. The Bertz CT molecular complexity index is 708. The number of carbonyl (C=O) groups excluding carboxylic acids is 1. The van der Waals surface area contributed by atoms with Crippen LogP contribution >= 0.6 is 0 Å². The average Bonchev–Trinajstić information content (AvgIpc) is 3.16. The maximum absolute atomic E-state index is 12.6. The van der Waals surface area contributed by atoms with Crippen LogP contribution in [0.25, 0.3) is 0 Å². The lowest BCUT2D eigenvalue weighted by Crippen LogP contribution is -2.43. The van der Waals surface area contributed by atoms with E-state index in [1.807, 2.05) is 6.07 Å². The molecule has 1 fully saturated rings. The number of morpholine rings is 1. The minimum absolute atomic E-state index is 0.160. The van der Waals surface area contributed by atoms with Crippen molar-refractivity contribution in [1.82, 2.24) is 10.2 Å². The molecule has 140 valence electrons. The van der Waals surface area contributed by atoms with Gasteiger partial charge in [0.25, 0.3) is 5.91 Å². The van der Waals surface area contributed by atoms with Gasteiger partial charge in [-0.15, -0.1) is 0 Å². The molecule has 0 saturated carbocycles. The molecule has 1 N–H and O–H groups in total. The van der Waals surface area contributed by atoms with Crippen molar-refractivity contribution in [2.24, 2.45) is 0 Å². The van der Waals surface area contributed by atoms with Crippen molar-refractivity contribution in [3.63, 3.8) is 0 Å². The van der Waals surface area contributed by atoms with E-state index in [9.17, 15) is 18.0 Å². The molecule has 1 atom stereocenters. The molecule has 0 radical (unpaired) electrons. The number of halogens is 3. The van der Waals surface area contributed by atoms with Gasteiger partial charge in [0.1, 0.15) is 5.76 Å². The molecule has 2 heterocycles. The first-order valence-electron chi connectivity index (χ1n) is 8.26. The molecule has 0 aliphatic carbocycles. The normalized spacial score (nSPS) is 17.0. The van der Waals surface area contributed by atoms with Gasteiger partial charge in [0.05, 0.1) is 31.1 Å². The Balaban J connectivity index is 1.65. The Morgan fingerprint density at radius 1 is 1.15 bits per heavy atom. The first-order chi connectivity index (χ1) is 12.4. The van der Waals surface area contributed by atoms with Crippen molar-refractivity contribution in [3.8, 4) is 0 Å². The Hall–Kier alpha value is -2.32. The topological polar surface area (TPSA) is 54.7 Å². The first kappa shape index (κ1) is 18.5. The summed E-state index contributed by atoms with van der Waals surface area (Å²) in [5, 5.41) is 2.78. The molecule has 1 aliphatic rings. The first-order valence-corrected chi connectivity index (χ1v) is 8.26. The van der Waals surface area contributed by atoms with Crippen LogP contribution in [0.4, 0.5) is 13.2 Å². The second-order valence-corrected chi connectivity index (χ2v) is 5.96. The Labute approximate surface area is 148 Å². The Kier molecular flexibility index (Phi) is 5.63. The lowest BCUT2D eigenvalue weighted by Gasteiger charge is -2.33. The maximum atomic E-state index is 12.6. The number of nitrogens with zero attached hydrogens (tertiary/aromatic N) is 1. The molecule has 3 rings (SSSR count). The molecule has 8 heteroatoms. The summed E-state index contributed by atoms with van der Waals surface area (Å²) in [4.78, 5) is 14.4. The van der Waals surface area contributed by atoms with Gasteiger partial charge in [-0.2, -0.15) is 13.2 Å². The number of alkyl halides is 3. The second kappa shape index (κ2) is 7.92. The van der Waals surface area contributed by atoms with E-state index in [1.54, 1.807) is 12.3 Å². The quantitative estimate of drug-likeness (QED) is 0.881. The number of benzene rings is 1. The number of furan rings is 1. The minimum Gasteiger partial charge on any atom is -0.468 e. The highest BCUT2D eigenvalue weighted by Gasteiger charge is 2.30. The summed E-state index contributed by atoms with van der Waals surface area (Å²) in [6.45, 7) is 2.91. The number of amides is 1. The van der Waals surface area contributed by atoms with Gasteiger partial charge in [0.2, 0.25) is 0 Å². The van der Waals surface area contributed by atoms with E-state index in [-0.39, 0.29) is 18.2 Å². The van der Waals surface area contributed by atoms with Gasteiger partial charge >= 0.3 is 6.18 Å². The van der Waals surface area contributed by atoms with Crippen LogP contribution < -0.4 is 5.32 Å². The molecule has 1 aromatic heterocycles. The molecule has 26 heavy (non-hydrogen) atoms. The van der Waals surface area contributed by atoms with Crippen molar-refractivity contribution in [2.45, 2.75) is 12.2 Å². The molecule has 5 nitrogen and oxygen atoms in total. The lowest BCUT2D eigenvalue weighted by molar-refractivity contribution is -0.137. The number of nitrogens with one attached hydrogen (secondary N) is 1. The van der Waals surface area contributed by atoms with Crippen molar-refractivity contribution < 1.29 is 27.1 Å². The third-order valence-corrected chi connectivity index (χ3v) is 4.29. The van der Waals surface area contributed by atoms with Crippen molar-refractivity contribution >= 4 is 5.91 Å². The van der Waals surface area contributed by atoms with E-state index in [2.05, 4.69) is 10.2 Å². The summed E-state index contributed by atoms with van der Waals surface area (Å²) in [6, 6.07) is 7.61. The van der Waals surface area contributed by atoms with E-state index >= 15 is 0 Å². The zero-order chi connectivity index (χ0) is 18.6. The minimum atomic E-state index is -4.42. The zero-order valence-electron chi connectivity index (χ0n) is 14.0. The Morgan fingerprint density at radius 3 is 2.42 bits per heavy atom. The second-order valence-electron chi connectivity index (χ2n) is 5.96. The molecule has 1 aliphatic heterocycles. The summed E-state index contributed by atoms with van der Waals surface area (Å²) in [5.74, 6) is 0.295. The summed E-state index contributed by atoms with van der Waals surface area (Å²) in [5.41, 5.74) is -0.603. The smallest absolute Gasteiger partial charge is 0.416 e. The van der Waals surface area contributed by atoms with Crippen LogP contribution in [0.3, 0.4) is 0 Å². The fourth-order valence-electron chi connectivity index (χ4n) is 2.88. The van der Waals surface area contributed by atoms with Gasteiger partial charge in [-0.05, 0) is 36.4 Å². The molecule has 2 aromatic rings. The van der Waals surface area contributed by atoms with Gasteiger partial charge in [-0.3, -0.25) is 9.69 Å². The number of ether oxygens (including phenoxy) is 1. The van der Waals surface area contributed by atoms with Crippen LogP contribution in [-0.4, -0.2) is 43.7 Å². The SMILES string of the molecule is O=C(NC[C@@H](c1ccco1)N1CCOCC1)c1ccc(C(F)(F)F)cc1. The number of rotatable bonds is 5. The standard InChI is InChI=1S/C18H19F3N2O3/c19-18(20,21)14-5-3-13(4-6-14)17(24)22-12-15(16-2-1-9-26-16)23-7-10-25-11-8-23/h1-6,9,15H,7-8,10-12H2,(H,22,24)/t15-/m0/s1. The fourth-order valence-corrected chi connectivity index (χ4v) is 2.88. The van der Waals surface area contributed by atoms with Crippen LogP contribution in [0.15, 0.2) is 47.1 Å². The zero-order valence-corrected chi connectivity index (χ0v) is 14.0.